The molecule has 0 aliphatic carbocycles. The third kappa shape index (κ3) is 27800. The summed E-state index contributed by atoms with van der Waals surface area (Å²) in [4.78, 5) is 17.8. The molecule has 12 heteroatoms. The first kappa shape index (κ1) is 36.0. The Labute approximate surface area is 133 Å². The molecule has 0 aromatic heterocycles. The largest absolute Gasteiger partial charge is 2.00 e. The van der Waals surface area contributed by atoms with Gasteiger partial charge in [-0.25, -0.2) is 0 Å². The smallest absolute Gasteiger partial charge is 0.550 e. The van der Waals surface area contributed by atoms with Crippen molar-refractivity contribution in [2.24, 2.45) is 0 Å². The zero-order valence-corrected chi connectivity index (χ0v) is 14.1. The number of carbonyl (C=O) groups is 2. The molecule has 0 heterocycles. The molecule has 0 spiro atoms. The number of hydrogen-bond acceptors (Lipinski definition) is 8. The van der Waals surface area contributed by atoms with Crippen LogP contribution < -0.4 is 22.5 Å². The van der Waals surface area contributed by atoms with Gasteiger partial charge in [-0.05, 0) is 13.8 Å². The van der Waals surface area contributed by atoms with Gasteiger partial charge in [0.05, 0.1) is 0 Å². The molecule has 0 aromatic rings. The molecule has 16 heavy (non-hydrogen) atoms. The number of carboxylic acids is 2. The van der Waals surface area contributed by atoms with Crippen molar-refractivity contribution in [2.45, 2.75) is 13.8 Å². The molecular weight excluding hydrogens is 373 g/mol. The molecule has 0 aliphatic heterocycles. The SMILES string of the molecule is CC(=O)[O-].CC(=O)[O-].N.N.O=S(=O)(O)O.[Ba+2]. The quantitative estimate of drug-likeness (QED) is 0.240. The second-order valence-corrected chi connectivity index (χ2v) is 2.33. The van der Waals surface area contributed by atoms with Crippen LogP contribution in [0.4, 0.5) is 0 Å². The Morgan fingerprint density at radius 1 is 0.938 bits per heavy atom. The van der Waals surface area contributed by atoms with Crippen LogP contribution in [0.15, 0.2) is 0 Å². The zero-order valence-electron chi connectivity index (χ0n) is 8.87. The number of carboxylic acid groups (broad SMARTS) is 2. The van der Waals surface area contributed by atoms with Gasteiger partial charge in [-0.2, -0.15) is 8.42 Å². The van der Waals surface area contributed by atoms with Crippen LogP contribution in [0.3, 0.4) is 0 Å². The van der Waals surface area contributed by atoms with E-state index in [1.54, 1.807) is 0 Å². The number of hydrogen-bond donors (Lipinski definition) is 4. The van der Waals surface area contributed by atoms with Gasteiger partial charge in [0.2, 0.25) is 0 Å². The molecule has 0 aromatic carbocycles. The van der Waals surface area contributed by atoms with E-state index in [4.69, 9.17) is 37.3 Å². The monoisotopic (exact) mass is 388 g/mol. The van der Waals surface area contributed by atoms with Crippen LogP contribution in [0.1, 0.15) is 13.8 Å². The Morgan fingerprint density at radius 3 is 0.938 bits per heavy atom. The maximum atomic E-state index is 8.89. The minimum atomic E-state index is -4.67. The average Bonchev–Trinajstić information content (AvgIpc) is 1.50. The Hall–Kier alpha value is 0.301. The van der Waals surface area contributed by atoms with Crippen LogP contribution in [0.25, 0.3) is 0 Å². The van der Waals surface area contributed by atoms with Crippen molar-refractivity contribution in [1.29, 1.82) is 0 Å². The molecule has 0 fully saturated rings. The first-order chi connectivity index (χ1) is 5.46. The van der Waals surface area contributed by atoms with Gasteiger partial charge in [-0.15, -0.1) is 0 Å². The van der Waals surface area contributed by atoms with Crippen molar-refractivity contribution in [1.82, 2.24) is 12.3 Å². The maximum absolute atomic E-state index is 8.89. The van der Waals surface area contributed by atoms with Gasteiger partial charge >= 0.3 is 59.3 Å². The molecule has 0 unspecified atom stereocenters. The van der Waals surface area contributed by atoms with Crippen LogP contribution in [0, 0.1) is 0 Å². The Kier molecular flexibility index (Phi) is 46.5. The molecule has 0 rings (SSSR count). The molecule has 0 atom stereocenters. The molecule has 8 N–H and O–H groups in total. The minimum absolute atomic E-state index is 0. The fraction of sp³-hybridized carbons (Fsp3) is 0.500. The molecular formula is C4H14BaN2O8S. The van der Waals surface area contributed by atoms with E-state index in [0.29, 0.717) is 0 Å². The molecule has 0 aliphatic rings. The molecule has 10 nitrogen and oxygen atoms in total. The fourth-order valence-corrected chi connectivity index (χ4v) is 0. The first-order valence-electron chi connectivity index (χ1n) is 2.51. The van der Waals surface area contributed by atoms with Gasteiger partial charge in [0.1, 0.15) is 0 Å². The van der Waals surface area contributed by atoms with Gasteiger partial charge in [0.15, 0.2) is 0 Å². The van der Waals surface area contributed by atoms with Gasteiger partial charge < -0.3 is 32.1 Å². The van der Waals surface area contributed by atoms with E-state index in [2.05, 4.69) is 0 Å². The topological polar surface area (TPSA) is 225 Å². The molecule has 0 radical (unpaired) electrons. The summed E-state index contributed by atoms with van der Waals surface area (Å²) in [7, 11) is -4.67. The summed E-state index contributed by atoms with van der Waals surface area (Å²) in [6, 6.07) is 0. The number of rotatable bonds is 0. The van der Waals surface area contributed by atoms with Crippen LogP contribution in [0.2, 0.25) is 0 Å². The van der Waals surface area contributed by atoms with E-state index in [9.17, 15) is 0 Å². The van der Waals surface area contributed by atoms with Gasteiger partial charge in [-0.1, -0.05) is 0 Å². The second kappa shape index (κ2) is 20.7. The van der Waals surface area contributed by atoms with Crippen LogP contribution in [-0.4, -0.2) is 78.3 Å². The van der Waals surface area contributed by atoms with Crippen LogP contribution in [-0.2, 0) is 20.0 Å². The van der Waals surface area contributed by atoms with E-state index in [0.717, 1.165) is 13.8 Å². The van der Waals surface area contributed by atoms with E-state index in [-0.39, 0.29) is 61.2 Å². The molecule has 0 bridgehead atoms. The third-order valence-corrected chi connectivity index (χ3v) is 0. The predicted molar refractivity (Wildman–Crippen MR) is 51.3 cm³/mol. The van der Waals surface area contributed by atoms with Gasteiger partial charge in [0.25, 0.3) is 0 Å². The minimum Gasteiger partial charge on any atom is -0.550 e. The normalized spacial score (nSPS) is 6.75. The average molecular weight is 388 g/mol. The number of carbonyl (C=O) groups excluding carboxylic acids is 2. The molecule has 96 valence electrons. The summed E-state index contributed by atoms with van der Waals surface area (Å²) in [6.45, 7) is 1.94. The summed E-state index contributed by atoms with van der Waals surface area (Å²) >= 11 is 0. The maximum Gasteiger partial charge on any atom is 2.00 e. The Morgan fingerprint density at radius 2 is 0.938 bits per heavy atom. The van der Waals surface area contributed by atoms with E-state index in [1.807, 2.05) is 0 Å². The summed E-state index contributed by atoms with van der Waals surface area (Å²) in [5.41, 5.74) is 0. The third-order valence-electron chi connectivity index (χ3n) is 0. The molecule has 0 saturated heterocycles. The van der Waals surface area contributed by atoms with E-state index < -0.39 is 22.3 Å². The standard InChI is InChI=1S/2C2H4O2.Ba.2H3N.H2O4S/c2*1-2(3)4;;;;1-5(2,3)4/h2*1H3,(H,3,4);;2*1H3;(H2,1,2,3,4)/q;;+2;;;/p-2. The summed E-state index contributed by atoms with van der Waals surface area (Å²) in [5.74, 6) is -2.17. The van der Waals surface area contributed by atoms with Crippen molar-refractivity contribution >= 4 is 71.2 Å². The van der Waals surface area contributed by atoms with Gasteiger partial charge in [-0.3, -0.25) is 9.11 Å². The Balaban J connectivity index is -0.0000000216. The second-order valence-electron chi connectivity index (χ2n) is 1.43. The van der Waals surface area contributed by atoms with Crippen LogP contribution >= 0.6 is 0 Å². The van der Waals surface area contributed by atoms with Crippen molar-refractivity contribution in [3.05, 3.63) is 0 Å². The van der Waals surface area contributed by atoms with E-state index in [1.165, 1.54) is 0 Å². The van der Waals surface area contributed by atoms with Crippen LogP contribution in [0.5, 0.6) is 0 Å². The van der Waals surface area contributed by atoms with Crippen molar-refractivity contribution in [3.63, 3.8) is 0 Å². The first-order valence-corrected chi connectivity index (χ1v) is 3.91. The fourth-order valence-electron chi connectivity index (χ4n) is 0. The van der Waals surface area contributed by atoms with Gasteiger partial charge in [0, 0.05) is 11.9 Å². The van der Waals surface area contributed by atoms with Crippen molar-refractivity contribution in [2.75, 3.05) is 0 Å². The summed E-state index contributed by atoms with van der Waals surface area (Å²) in [5, 5.41) is 17.8. The zero-order chi connectivity index (χ0) is 11.7. The molecule has 0 saturated carbocycles. The Bertz CT molecular complexity index is 225. The van der Waals surface area contributed by atoms with E-state index >= 15 is 0 Å². The number of aliphatic carboxylic acids is 2. The molecule has 0 amide bonds. The predicted octanol–water partition coefficient (Wildman–Crippen LogP) is -3.20. The van der Waals surface area contributed by atoms with Crippen molar-refractivity contribution in [3.8, 4) is 0 Å². The summed E-state index contributed by atoms with van der Waals surface area (Å²) in [6.07, 6.45) is 0. The summed E-state index contributed by atoms with van der Waals surface area (Å²) < 4.78 is 31.6. The van der Waals surface area contributed by atoms with Crippen molar-refractivity contribution < 1.29 is 37.3 Å².